The summed E-state index contributed by atoms with van der Waals surface area (Å²) in [6, 6.07) is 4.55. The monoisotopic (exact) mass is 207 g/mol. The molecule has 1 nitrogen and oxygen atoms in total. The summed E-state index contributed by atoms with van der Waals surface area (Å²) in [6.45, 7) is 2.44. The first-order valence-electron chi connectivity index (χ1n) is 5.66. The molecule has 1 saturated carbocycles. The van der Waals surface area contributed by atoms with E-state index in [1.54, 1.807) is 4.88 Å². The lowest BCUT2D eigenvalue weighted by Gasteiger charge is -2.37. The highest BCUT2D eigenvalue weighted by atomic mass is 32.1. The summed E-state index contributed by atoms with van der Waals surface area (Å²) < 4.78 is 0. The van der Waals surface area contributed by atoms with Crippen molar-refractivity contribution in [2.24, 2.45) is 5.92 Å². The molecule has 0 bridgehead atoms. The molecule has 1 unspecified atom stereocenters. The third-order valence-corrected chi connectivity index (χ3v) is 4.88. The van der Waals surface area contributed by atoms with Crippen molar-refractivity contribution in [1.82, 2.24) is 5.32 Å². The van der Waals surface area contributed by atoms with Gasteiger partial charge in [0.15, 0.2) is 0 Å². The number of thiophene rings is 1. The lowest BCUT2D eigenvalue weighted by Crippen LogP contribution is -2.44. The molecule has 14 heavy (non-hydrogen) atoms. The summed E-state index contributed by atoms with van der Waals surface area (Å²) in [4.78, 5) is 1.63. The topological polar surface area (TPSA) is 12.0 Å². The molecule has 0 radical (unpaired) electrons. The van der Waals surface area contributed by atoms with E-state index in [2.05, 4.69) is 22.8 Å². The van der Waals surface area contributed by atoms with Gasteiger partial charge in [-0.3, -0.25) is 0 Å². The zero-order valence-electron chi connectivity index (χ0n) is 8.46. The lowest BCUT2D eigenvalue weighted by molar-refractivity contribution is 0.280. The minimum absolute atomic E-state index is 0.520. The second-order valence-corrected chi connectivity index (χ2v) is 5.64. The van der Waals surface area contributed by atoms with Gasteiger partial charge < -0.3 is 5.32 Å². The number of hydrogen-bond donors (Lipinski definition) is 1. The van der Waals surface area contributed by atoms with Crippen molar-refractivity contribution in [3.05, 3.63) is 22.4 Å². The highest BCUT2D eigenvalue weighted by molar-refractivity contribution is 7.10. The molecule has 0 aromatic carbocycles. The fourth-order valence-electron chi connectivity index (χ4n) is 2.89. The third-order valence-electron chi connectivity index (χ3n) is 3.79. The Kier molecular flexibility index (Phi) is 2.14. The average molecular weight is 207 g/mol. The highest BCUT2D eigenvalue weighted by Crippen LogP contribution is 2.51. The zero-order chi connectivity index (χ0) is 9.43. The fourth-order valence-corrected chi connectivity index (χ4v) is 3.92. The van der Waals surface area contributed by atoms with E-state index in [0.717, 1.165) is 5.92 Å². The summed E-state index contributed by atoms with van der Waals surface area (Å²) in [5.74, 6) is 0.981. The van der Waals surface area contributed by atoms with Crippen LogP contribution in [0.3, 0.4) is 0 Å². The van der Waals surface area contributed by atoms with E-state index in [9.17, 15) is 0 Å². The summed E-state index contributed by atoms with van der Waals surface area (Å²) in [5.41, 5.74) is 0.520. The van der Waals surface area contributed by atoms with Crippen LogP contribution in [0, 0.1) is 5.92 Å². The second kappa shape index (κ2) is 3.35. The Morgan fingerprint density at radius 2 is 2.36 bits per heavy atom. The van der Waals surface area contributed by atoms with Crippen LogP contribution in [0.25, 0.3) is 0 Å². The molecule has 1 saturated heterocycles. The zero-order valence-corrected chi connectivity index (χ0v) is 9.28. The van der Waals surface area contributed by atoms with Crippen molar-refractivity contribution in [3.63, 3.8) is 0 Å². The summed E-state index contributed by atoms with van der Waals surface area (Å²) in [7, 11) is 0. The first-order chi connectivity index (χ1) is 6.92. The van der Waals surface area contributed by atoms with Gasteiger partial charge in [0, 0.05) is 16.8 Å². The second-order valence-electron chi connectivity index (χ2n) is 4.69. The maximum absolute atomic E-state index is 3.59. The summed E-state index contributed by atoms with van der Waals surface area (Å²) >= 11 is 1.96. The van der Waals surface area contributed by atoms with Crippen LogP contribution in [-0.2, 0) is 5.41 Å². The van der Waals surface area contributed by atoms with Crippen LogP contribution < -0.4 is 5.32 Å². The largest absolute Gasteiger partial charge is 0.316 e. The maximum atomic E-state index is 3.59. The molecule has 3 rings (SSSR count). The molecule has 0 amide bonds. The molecule has 1 N–H and O–H groups in total. The van der Waals surface area contributed by atoms with Crippen LogP contribution in [0.1, 0.15) is 30.6 Å². The standard InChI is InChI=1S/C12H17NS/c1-3-11(14-8-1)12(10-4-5-10)6-2-7-13-9-12/h1,3,8,10,13H,2,4-7,9H2. The minimum atomic E-state index is 0.520. The highest BCUT2D eigenvalue weighted by Gasteiger charge is 2.47. The Balaban J connectivity index is 1.94. The van der Waals surface area contributed by atoms with Crippen LogP contribution in [0.2, 0.25) is 0 Å². The number of nitrogens with one attached hydrogen (secondary N) is 1. The van der Waals surface area contributed by atoms with E-state index in [-0.39, 0.29) is 0 Å². The van der Waals surface area contributed by atoms with Crippen molar-refractivity contribution < 1.29 is 0 Å². The van der Waals surface area contributed by atoms with Crippen LogP contribution in [0.4, 0.5) is 0 Å². The van der Waals surface area contributed by atoms with Gasteiger partial charge in [-0.25, -0.2) is 0 Å². The fraction of sp³-hybridized carbons (Fsp3) is 0.667. The molecule has 1 aromatic rings. The van der Waals surface area contributed by atoms with E-state index in [1.807, 2.05) is 11.3 Å². The van der Waals surface area contributed by atoms with Crippen molar-refractivity contribution in [2.75, 3.05) is 13.1 Å². The van der Waals surface area contributed by atoms with Crippen LogP contribution in [0.15, 0.2) is 17.5 Å². The Morgan fingerprint density at radius 3 is 2.93 bits per heavy atom. The maximum Gasteiger partial charge on any atom is 0.0200 e. The summed E-state index contributed by atoms with van der Waals surface area (Å²) in [6.07, 6.45) is 5.68. The Bertz CT molecular complexity index is 294. The first kappa shape index (κ1) is 8.93. The molecule has 1 aromatic heterocycles. The van der Waals surface area contributed by atoms with Gasteiger partial charge in [-0.05, 0) is 49.6 Å². The van der Waals surface area contributed by atoms with Crippen LogP contribution in [0.5, 0.6) is 0 Å². The third kappa shape index (κ3) is 1.32. The molecule has 2 fully saturated rings. The van der Waals surface area contributed by atoms with E-state index >= 15 is 0 Å². The number of rotatable bonds is 2. The molecule has 1 atom stereocenters. The van der Waals surface area contributed by atoms with Crippen molar-refractivity contribution in [3.8, 4) is 0 Å². The molecule has 0 spiro atoms. The van der Waals surface area contributed by atoms with E-state index in [1.165, 1.54) is 38.8 Å². The van der Waals surface area contributed by atoms with Gasteiger partial charge in [-0.2, -0.15) is 0 Å². The van der Waals surface area contributed by atoms with E-state index in [0.29, 0.717) is 5.41 Å². The Morgan fingerprint density at radius 1 is 1.43 bits per heavy atom. The van der Waals surface area contributed by atoms with Gasteiger partial charge in [-0.1, -0.05) is 6.07 Å². The van der Waals surface area contributed by atoms with Crippen molar-refractivity contribution >= 4 is 11.3 Å². The molecular formula is C12H17NS. The average Bonchev–Trinajstić information content (AvgIpc) is 2.95. The predicted molar refractivity (Wildman–Crippen MR) is 60.8 cm³/mol. The van der Waals surface area contributed by atoms with Gasteiger partial charge in [-0.15, -0.1) is 11.3 Å². The SMILES string of the molecule is c1csc(C2(C3CC3)CCCNC2)c1. The molecule has 2 heterocycles. The van der Waals surface area contributed by atoms with Gasteiger partial charge in [0.2, 0.25) is 0 Å². The molecule has 1 aliphatic heterocycles. The molecule has 2 aliphatic rings. The minimum Gasteiger partial charge on any atom is -0.316 e. The number of piperidine rings is 1. The summed E-state index contributed by atoms with van der Waals surface area (Å²) in [5, 5.41) is 5.82. The predicted octanol–water partition coefficient (Wildman–Crippen LogP) is 2.78. The smallest absolute Gasteiger partial charge is 0.0200 e. The Labute approximate surface area is 89.5 Å². The van der Waals surface area contributed by atoms with Gasteiger partial charge >= 0.3 is 0 Å². The molecular weight excluding hydrogens is 190 g/mol. The van der Waals surface area contributed by atoms with E-state index in [4.69, 9.17) is 0 Å². The first-order valence-corrected chi connectivity index (χ1v) is 6.54. The molecule has 1 aliphatic carbocycles. The number of hydrogen-bond acceptors (Lipinski definition) is 2. The van der Waals surface area contributed by atoms with Gasteiger partial charge in [0.25, 0.3) is 0 Å². The normalized spacial score (nSPS) is 33.1. The quantitative estimate of drug-likeness (QED) is 0.786. The van der Waals surface area contributed by atoms with Gasteiger partial charge in [0.1, 0.15) is 0 Å². The molecule has 76 valence electrons. The van der Waals surface area contributed by atoms with Crippen LogP contribution >= 0.6 is 11.3 Å². The Hall–Kier alpha value is -0.340. The molecule has 2 heteroatoms. The van der Waals surface area contributed by atoms with Gasteiger partial charge in [0.05, 0.1) is 0 Å². The van der Waals surface area contributed by atoms with Crippen LogP contribution in [-0.4, -0.2) is 13.1 Å². The van der Waals surface area contributed by atoms with Crippen molar-refractivity contribution in [1.29, 1.82) is 0 Å². The van der Waals surface area contributed by atoms with Crippen molar-refractivity contribution in [2.45, 2.75) is 31.1 Å². The van der Waals surface area contributed by atoms with E-state index < -0.39 is 0 Å². The lowest BCUT2D eigenvalue weighted by atomic mass is 9.75.